The van der Waals surface area contributed by atoms with Crippen LogP contribution in [0.3, 0.4) is 0 Å². The molecule has 0 saturated heterocycles. The van der Waals surface area contributed by atoms with Crippen LogP contribution >= 0.6 is 0 Å². The van der Waals surface area contributed by atoms with Gasteiger partial charge in [-0.2, -0.15) is 0 Å². The molecule has 12 nitrogen and oxygen atoms in total. The van der Waals surface area contributed by atoms with Crippen molar-refractivity contribution >= 4 is 35.2 Å². The molecule has 49 heavy (non-hydrogen) atoms. The van der Waals surface area contributed by atoms with E-state index in [1.54, 1.807) is 42.5 Å². The van der Waals surface area contributed by atoms with Gasteiger partial charge in [-0.1, -0.05) is 60.7 Å². The predicted molar refractivity (Wildman–Crippen MR) is 185 cm³/mol. The van der Waals surface area contributed by atoms with E-state index in [-0.39, 0.29) is 32.5 Å². The number of anilines is 2. The van der Waals surface area contributed by atoms with Crippen LogP contribution in [0.25, 0.3) is 0 Å². The average Bonchev–Trinajstić information content (AvgIpc) is 3.10. The van der Waals surface area contributed by atoms with Gasteiger partial charge >= 0.3 is 12.0 Å². The van der Waals surface area contributed by atoms with Gasteiger partial charge in [-0.25, -0.2) is 4.79 Å². The van der Waals surface area contributed by atoms with Crippen LogP contribution in [0.5, 0.6) is 17.2 Å². The monoisotopic (exact) mass is 668 g/mol. The number of carboxylic acid groups (broad SMARTS) is 1. The van der Waals surface area contributed by atoms with Crippen molar-refractivity contribution < 1.29 is 38.5 Å². The lowest BCUT2D eigenvalue weighted by Crippen LogP contribution is -2.41. The van der Waals surface area contributed by atoms with Gasteiger partial charge < -0.3 is 40.2 Å². The highest BCUT2D eigenvalue weighted by molar-refractivity contribution is 6.01. The summed E-state index contributed by atoms with van der Waals surface area (Å²) in [7, 11) is 2.97. The summed E-state index contributed by atoms with van der Waals surface area (Å²) < 4.78 is 16.9. The van der Waals surface area contributed by atoms with E-state index in [9.17, 15) is 24.3 Å². The van der Waals surface area contributed by atoms with Crippen LogP contribution in [-0.2, 0) is 34.0 Å². The van der Waals surface area contributed by atoms with Crippen molar-refractivity contribution in [1.82, 2.24) is 10.2 Å². The number of carboxylic acids is 1. The maximum Gasteiger partial charge on any atom is 0.323 e. The Bertz CT molecular complexity index is 1760. The molecule has 12 heteroatoms. The fourth-order valence-electron chi connectivity index (χ4n) is 4.88. The molecule has 0 radical (unpaired) electrons. The number of aliphatic carboxylic acids is 1. The fourth-order valence-corrected chi connectivity index (χ4v) is 4.88. The Kier molecular flexibility index (Phi) is 13.0. The van der Waals surface area contributed by atoms with Crippen molar-refractivity contribution in [2.24, 2.45) is 0 Å². The molecule has 0 aliphatic rings. The van der Waals surface area contributed by atoms with E-state index < -0.39 is 23.8 Å². The van der Waals surface area contributed by atoms with Gasteiger partial charge in [-0.05, 0) is 59.5 Å². The number of ether oxygens (including phenoxy) is 3. The zero-order chi connectivity index (χ0) is 35.2. The minimum absolute atomic E-state index is 0.0539. The summed E-state index contributed by atoms with van der Waals surface area (Å²) in [6.45, 7) is 1.95. The molecule has 256 valence electrons. The first-order valence-corrected chi connectivity index (χ1v) is 15.6. The third-order valence-corrected chi connectivity index (χ3v) is 7.50. The Morgan fingerprint density at radius 1 is 0.735 bits per heavy atom. The standard InChI is InChI=1S/C37H40N4O8/c1-25-9-7-8-12-29(25)39-37(46)40-30-15-13-27(19-32(30)47-2)21-34(42)38-22-35(43)41(18-17-36(44)45)23-28-14-16-31(33(20-28)48-3)49-24-26-10-5-4-6-11-26/h4-16,19-20H,17-18,21-24H2,1-3H3,(H,38,42)(H,44,45)(H2,39,40,46). The van der Waals surface area contributed by atoms with Crippen LogP contribution in [-0.4, -0.2) is 61.1 Å². The van der Waals surface area contributed by atoms with Crippen LogP contribution in [0.4, 0.5) is 16.2 Å². The van der Waals surface area contributed by atoms with E-state index in [2.05, 4.69) is 16.0 Å². The number of aryl methyl sites for hydroxylation is 1. The van der Waals surface area contributed by atoms with Crippen molar-refractivity contribution in [3.05, 3.63) is 113 Å². The molecule has 0 atom stereocenters. The SMILES string of the molecule is COc1cc(CC(=O)NCC(=O)N(CCC(=O)O)Cc2ccc(OCc3ccccc3)c(OC)c2)ccc1NC(=O)Nc1ccccc1C. The number of para-hydroxylation sites is 1. The van der Waals surface area contributed by atoms with E-state index in [0.717, 1.165) is 11.1 Å². The summed E-state index contributed by atoms with van der Waals surface area (Å²) in [6, 6.07) is 26.8. The minimum atomic E-state index is -1.05. The summed E-state index contributed by atoms with van der Waals surface area (Å²) in [5.74, 6) is -0.577. The Morgan fingerprint density at radius 2 is 1.41 bits per heavy atom. The topological polar surface area (TPSA) is 156 Å². The van der Waals surface area contributed by atoms with Crippen molar-refractivity contribution in [1.29, 1.82) is 0 Å². The molecule has 0 aromatic heterocycles. The molecule has 4 amide bonds. The van der Waals surface area contributed by atoms with Crippen LogP contribution < -0.4 is 30.2 Å². The van der Waals surface area contributed by atoms with Crippen LogP contribution in [0.2, 0.25) is 0 Å². The molecule has 0 aliphatic carbocycles. The molecule has 4 aromatic carbocycles. The van der Waals surface area contributed by atoms with Crippen LogP contribution in [0.1, 0.15) is 28.7 Å². The van der Waals surface area contributed by atoms with Crippen molar-refractivity contribution in [3.8, 4) is 17.2 Å². The molecule has 0 spiro atoms. The van der Waals surface area contributed by atoms with E-state index in [4.69, 9.17) is 14.2 Å². The maximum atomic E-state index is 13.2. The summed E-state index contributed by atoms with van der Waals surface area (Å²) >= 11 is 0. The first kappa shape index (κ1) is 35.8. The quantitative estimate of drug-likeness (QED) is 0.124. The number of hydrogen-bond acceptors (Lipinski definition) is 7. The first-order valence-electron chi connectivity index (χ1n) is 15.6. The lowest BCUT2D eigenvalue weighted by Gasteiger charge is -2.23. The van der Waals surface area contributed by atoms with Gasteiger partial charge in [0, 0.05) is 18.8 Å². The highest BCUT2D eigenvalue weighted by Gasteiger charge is 2.18. The molecule has 0 bridgehead atoms. The Hall–Kier alpha value is -6.04. The second kappa shape index (κ2) is 17.8. The van der Waals surface area contributed by atoms with Gasteiger partial charge in [0.05, 0.1) is 39.3 Å². The van der Waals surface area contributed by atoms with Crippen LogP contribution in [0, 0.1) is 6.92 Å². The minimum Gasteiger partial charge on any atom is -0.495 e. The largest absolute Gasteiger partial charge is 0.495 e. The molecule has 4 N–H and O–H groups in total. The highest BCUT2D eigenvalue weighted by atomic mass is 16.5. The molecule has 0 heterocycles. The van der Waals surface area contributed by atoms with Gasteiger partial charge in [0.2, 0.25) is 11.8 Å². The second-order valence-electron chi connectivity index (χ2n) is 11.1. The van der Waals surface area contributed by atoms with Crippen LogP contribution in [0.15, 0.2) is 91.0 Å². The number of methoxy groups -OCH3 is 2. The number of nitrogens with one attached hydrogen (secondary N) is 3. The van der Waals surface area contributed by atoms with Gasteiger partial charge in [0.15, 0.2) is 11.5 Å². The van der Waals surface area contributed by atoms with E-state index >= 15 is 0 Å². The molecule has 0 unspecified atom stereocenters. The lowest BCUT2D eigenvalue weighted by atomic mass is 10.1. The van der Waals surface area contributed by atoms with Gasteiger partial charge in [0.1, 0.15) is 12.4 Å². The molecular formula is C37H40N4O8. The summed E-state index contributed by atoms with van der Waals surface area (Å²) in [5.41, 5.74) is 4.28. The van der Waals surface area contributed by atoms with Crippen molar-refractivity contribution in [2.75, 3.05) is 37.9 Å². The summed E-state index contributed by atoms with van der Waals surface area (Å²) in [6.07, 6.45) is -0.325. The number of rotatable bonds is 16. The van der Waals surface area contributed by atoms with Crippen molar-refractivity contribution in [3.63, 3.8) is 0 Å². The molecule has 4 rings (SSSR count). The number of nitrogens with zero attached hydrogens (tertiary/aromatic N) is 1. The predicted octanol–water partition coefficient (Wildman–Crippen LogP) is 5.40. The average molecular weight is 669 g/mol. The van der Waals surface area contributed by atoms with Crippen molar-refractivity contribution in [2.45, 2.75) is 32.9 Å². The molecular weight excluding hydrogens is 628 g/mol. The highest BCUT2D eigenvalue weighted by Crippen LogP contribution is 2.30. The Balaban J connectivity index is 1.34. The van der Waals surface area contributed by atoms with E-state index in [1.165, 1.54) is 19.1 Å². The number of carbonyl (C=O) groups is 4. The second-order valence-corrected chi connectivity index (χ2v) is 11.1. The van der Waals surface area contributed by atoms with E-state index in [1.807, 2.05) is 55.5 Å². The first-order chi connectivity index (χ1) is 23.6. The molecule has 0 fully saturated rings. The molecule has 0 saturated carbocycles. The third-order valence-electron chi connectivity index (χ3n) is 7.50. The smallest absolute Gasteiger partial charge is 0.323 e. The maximum absolute atomic E-state index is 13.2. The molecule has 0 aliphatic heterocycles. The van der Waals surface area contributed by atoms with Gasteiger partial charge in [0.25, 0.3) is 0 Å². The van der Waals surface area contributed by atoms with E-state index in [0.29, 0.717) is 46.4 Å². The normalized spacial score (nSPS) is 10.4. The van der Waals surface area contributed by atoms with Gasteiger partial charge in [-0.3, -0.25) is 14.4 Å². The Morgan fingerprint density at radius 3 is 2.12 bits per heavy atom. The van der Waals surface area contributed by atoms with Gasteiger partial charge in [-0.15, -0.1) is 0 Å². The number of hydrogen-bond donors (Lipinski definition) is 4. The fraction of sp³-hybridized carbons (Fsp3) is 0.243. The lowest BCUT2D eigenvalue weighted by molar-refractivity contribution is -0.139. The number of urea groups is 1. The molecule has 4 aromatic rings. The number of amides is 4. The number of benzene rings is 4. The third kappa shape index (κ3) is 11.0. The Labute approximate surface area is 285 Å². The zero-order valence-corrected chi connectivity index (χ0v) is 27.7. The summed E-state index contributed by atoms with van der Waals surface area (Å²) in [5, 5.41) is 17.4. The summed E-state index contributed by atoms with van der Waals surface area (Å²) in [4.78, 5) is 51.3. The number of carbonyl (C=O) groups excluding carboxylic acids is 3. The zero-order valence-electron chi connectivity index (χ0n) is 27.7.